The molecule has 0 heterocycles. The normalized spacial score (nSPS) is 10.0. The first-order valence-electron chi connectivity index (χ1n) is 6.21. The first kappa shape index (κ1) is 14.5. The van der Waals surface area contributed by atoms with Gasteiger partial charge in [0, 0.05) is 0 Å². The number of allylic oxidation sites excluding steroid dienone is 4. The minimum atomic E-state index is 1.29. The highest BCUT2D eigenvalue weighted by atomic mass is 14.0. The van der Waals surface area contributed by atoms with E-state index in [1.165, 1.54) is 43.3 Å². The molecule has 0 saturated heterocycles. The molecule has 0 radical (unpaired) electrons. The Kier molecular flexibility index (Phi) is 7.46. The van der Waals surface area contributed by atoms with Crippen LogP contribution in [0.5, 0.6) is 0 Å². The van der Waals surface area contributed by atoms with Crippen LogP contribution in [-0.4, -0.2) is 0 Å². The van der Waals surface area contributed by atoms with Crippen molar-refractivity contribution in [3.05, 3.63) is 22.3 Å². The van der Waals surface area contributed by atoms with Crippen LogP contribution in [0.25, 0.3) is 0 Å². The van der Waals surface area contributed by atoms with Gasteiger partial charge in [0.25, 0.3) is 0 Å². The molecule has 0 nitrogen and oxygen atoms in total. The molecule has 0 aliphatic heterocycles. The van der Waals surface area contributed by atoms with Gasteiger partial charge in [-0.05, 0) is 67.2 Å². The Balaban J connectivity index is 3.58. The van der Waals surface area contributed by atoms with Crippen LogP contribution in [0.15, 0.2) is 22.3 Å². The molecule has 0 amide bonds. The van der Waals surface area contributed by atoms with Gasteiger partial charge in [-0.15, -0.1) is 0 Å². The minimum Gasteiger partial charge on any atom is -0.0775 e. The maximum atomic E-state index is 2.26. The van der Waals surface area contributed by atoms with E-state index in [1.54, 1.807) is 11.1 Å². The first-order valence-corrected chi connectivity index (χ1v) is 6.21. The van der Waals surface area contributed by atoms with Gasteiger partial charge in [0.05, 0.1) is 0 Å². The van der Waals surface area contributed by atoms with E-state index in [0.717, 1.165) is 0 Å². The fourth-order valence-corrected chi connectivity index (χ4v) is 1.46. The second-order valence-corrected chi connectivity index (χ2v) is 5.12. The van der Waals surface area contributed by atoms with Gasteiger partial charge in [-0.3, -0.25) is 0 Å². The van der Waals surface area contributed by atoms with Crippen LogP contribution in [0, 0.1) is 0 Å². The summed E-state index contributed by atoms with van der Waals surface area (Å²) in [5.74, 6) is 0. The summed E-state index contributed by atoms with van der Waals surface area (Å²) in [6.45, 7) is 13.4. The lowest BCUT2D eigenvalue weighted by atomic mass is 10.0. The van der Waals surface area contributed by atoms with Crippen molar-refractivity contribution < 1.29 is 0 Å². The summed E-state index contributed by atoms with van der Waals surface area (Å²) in [5, 5.41) is 0. The monoisotopic (exact) mass is 208 g/mol. The van der Waals surface area contributed by atoms with Crippen LogP contribution in [-0.2, 0) is 0 Å². The summed E-state index contributed by atoms with van der Waals surface area (Å²) < 4.78 is 0. The molecule has 0 rings (SSSR count). The standard InChI is InChI=1S/C15H28/c1-12(2)14(5)10-8-7-9-11-15(6)13(3)4/h7-11H2,1-6H3. The zero-order chi connectivity index (χ0) is 11.8. The lowest BCUT2D eigenvalue weighted by molar-refractivity contribution is 0.668. The third kappa shape index (κ3) is 7.41. The Hall–Kier alpha value is -0.520. The van der Waals surface area contributed by atoms with Crippen LogP contribution < -0.4 is 0 Å². The SMILES string of the molecule is CC(C)=C(C)CCCCCC(C)=C(C)C. The van der Waals surface area contributed by atoms with Gasteiger partial charge in [-0.1, -0.05) is 28.7 Å². The molecule has 0 saturated carbocycles. The molecule has 0 atom stereocenters. The quantitative estimate of drug-likeness (QED) is 0.391. The van der Waals surface area contributed by atoms with Gasteiger partial charge in [0.2, 0.25) is 0 Å². The van der Waals surface area contributed by atoms with E-state index in [9.17, 15) is 0 Å². The number of rotatable bonds is 6. The highest BCUT2D eigenvalue weighted by Gasteiger charge is 1.96. The van der Waals surface area contributed by atoms with E-state index in [0.29, 0.717) is 0 Å². The first-order chi connectivity index (χ1) is 6.95. The fraction of sp³-hybridized carbons (Fsp3) is 0.733. The van der Waals surface area contributed by atoms with Gasteiger partial charge < -0.3 is 0 Å². The van der Waals surface area contributed by atoms with E-state index in [-0.39, 0.29) is 0 Å². The largest absolute Gasteiger partial charge is 0.0775 e. The van der Waals surface area contributed by atoms with Gasteiger partial charge in [-0.2, -0.15) is 0 Å². The summed E-state index contributed by atoms with van der Waals surface area (Å²) in [6, 6.07) is 0. The van der Waals surface area contributed by atoms with E-state index in [4.69, 9.17) is 0 Å². The smallest absolute Gasteiger partial charge is 0.0321 e. The van der Waals surface area contributed by atoms with E-state index in [1.807, 2.05) is 0 Å². The Morgan fingerprint density at radius 1 is 0.533 bits per heavy atom. The van der Waals surface area contributed by atoms with Gasteiger partial charge in [-0.25, -0.2) is 0 Å². The molecule has 0 bridgehead atoms. The van der Waals surface area contributed by atoms with Crippen LogP contribution in [0.3, 0.4) is 0 Å². The molecule has 0 aliphatic carbocycles. The average molecular weight is 208 g/mol. The van der Waals surface area contributed by atoms with Crippen molar-refractivity contribution >= 4 is 0 Å². The molecule has 0 spiro atoms. The maximum absolute atomic E-state index is 2.26. The molecule has 15 heavy (non-hydrogen) atoms. The van der Waals surface area contributed by atoms with Crippen molar-refractivity contribution in [1.29, 1.82) is 0 Å². The predicted molar refractivity (Wildman–Crippen MR) is 71.2 cm³/mol. The van der Waals surface area contributed by atoms with Gasteiger partial charge in [0.15, 0.2) is 0 Å². The van der Waals surface area contributed by atoms with Crippen LogP contribution >= 0.6 is 0 Å². The Morgan fingerprint density at radius 3 is 1.13 bits per heavy atom. The minimum absolute atomic E-state index is 1.29. The second kappa shape index (κ2) is 7.73. The molecule has 88 valence electrons. The Morgan fingerprint density at radius 2 is 0.867 bits per heavy atom. The highest BCUT2D eigenvalue weighted by molar-refractivity contribution is 5.07. The number of hydrogen-bond acceptors (Lipinski definition) is 0. The number of unbranched alkanes of at least 4 members (excludes halogenated alkanes) is 2. The second-order valence-electron chi connectivity index (χ2n) is 5.12. The molecule has 0 aromatic heterocycles. The molecular formula is C15H28. The lowest BCUT2D eigenvalue weighted by Crippen LogP contribution is -1.85. The molecule has 0 unspecified atom stereocenters. The summed E-state index contributed by atoms with van der Waals surface area (Å²) in [7, 11) is 0. The van der Waals surface area contributed by atoms with E-state index >= 15 is 0 Å². The summed E-state index contributed by atoms with van der Waals surface area (Å²) in [5.41, 5.74) is 6.15. The van der Waals surface area contributed by atoms with Crippen molar-refractivity contribution in [2.24, 2.45) is 0 Å². The zero-order valence-corrected chi connectivity index (χ0v) is 11.5. The van der Waals surface area contributed by atoms with Crippen molar-refractivity contribution in [1.82, 2.24) is 0 Å². The predicted octanol–water partition coefficient (Wildman–Crippen LogP) is 5.65. The third-order valence-electron chi connectivity index (χ3n) is 3.31. The Labute approximate surface area is 96.5 Å². The van der Waals surface area contributed by atoms with Gasteiger partial charge in [0.1, 0.15) is 0 Å². The summed E-state index contributed by atoms with van der Waals surface area (Å²) in [6.07, 6.45) is 6.65. The van der Waals surface area contributed by atoms with Crippen molar-refractivity contribution in [3.63, 3.8) is 0 Å². The third-order valence-corrected chi connectivity index (χ3v) is 3.31. The molecule has 0 N–H and O–H groups in total. The van der Waals surface area contributed by atoms with Crippen molar-refractivity contribution in [2.45, 2.75) is 73.6 Å². The molecule has 0 heteroatoms. The van der Waals surface area contributed by atoms with Crippen LogP contribution in [0.4, 0.5) is 0 Å². The van der Waals surface area contributed by atoms with E-state index in [2.05, 4.69) is 41.5 Å². The van der Waals surface area contributed by atoms with E-state index < -0.39 is 0 Å². The van der Waals surface area contributed by atoms with Gasteiger partial charge >= 0.3 is 0 Å². The van der Waals surface area contributed by atoms with Crippen LogP contribution in [0.1, 0.15) is 73.6 Å². The number of hydrogen-bond donors (Lipinski definition) is 0. The highest BCUT2D eigenvalue weighted by Crippen LogP contribution is 2.16. The fourth-order valence-electron chi connectivity index (χ4n) is 1.46. The molecular weight excluding hydrogens is 180 g/mol. The topological polar surface area (TPSA) is 0 Å². The molecule has 0 aromatic carbocycles. The Bertz CT molecular complexity index is 207. The zero-order valence-electron chi connectivity index (χ0n) is 11.5. The average Bonchev–Trinajstić information content (AvgIpc) is 2.16. The van der Waals surface area contributed by atoms with Crippen LogP contribution in [0.2, 0.25) is 0 Å². The summed E-state index contributed by atoms with van der Waals surface area (Å²) in [4.78, 5) is 0. The summed E-state index contributed by atoms with van der Waals surface area (Å²) >= 11 is 0. The molecule has 0 aromatic rings. The maximum Gasteiger partial charge on any atom is -0.0321 e. The molecule has 0 aliphatic rings. The molecule has 0 fully saturated rings. The van der Waals surface area contributed by atoms with Crippen molar-refractivity contribution in [2.75, 3.05) is 0 Å². The van der Waals surface area contributed by atoms with Crippen molar-refractivity contribution in [3.8, 4) is 0 Å². The lowest BCUT2D eigenvalue weighted by Gasteiger charge is -2.05.